The summed E-state index contributed by atoms with van der Waals surface area (Å²) < 4.78 is 9.95. The van der Waals surface area contributed by atoms with Crippen LogP contribution in [0.4, 0.5) is 4.79 Å². The third kappa shape index (κ3) is 6.20. The van der Waals surface area contributed by atoms with Crippen molar-refractivity contribution in [3.8, 4) is 0 Å². The van der Waals surface area contributed by atoms with E-state index in [-0.39, 0.29) is 18.6 Å². The standard InChI is InChI=1S/C18H26N2O4/c1-14-10-16(12-20(11-14)9-8-17(21)23-2)19-18(22)24-13-15-6-4-3-5-7-15/h3-7,14,16H,8-13H2,1-2H3,(H,19,22). The van der Waals surface area contributed by atoms with Crippen LogP contribution in [0.1, 0.15) is 25.3 Å². The highest BCUT2D eigenvalue weighted by molar-refractivity contribution is 5.69. The molecule has 1 saturated heterocycles. The highest BCUT2D eigenvalue weighted by Crippen LogP contribution is 2.17. The minimum absolute atomic E-state index is 0.0367. The molecule has 24 heavy (non-hydrogen) atoms. The average Bonchev–Trinajstić information content (AvgIpc) is 2.58. The van der Waals surface area contributed by atoms with Gasteiger partial charge in [0.25, 0.3) is 0 Å². The number of carbonyl (C=O) groups is 2. The first-order chi connectivity index (χ1) is 11.6. The summed E-state index contributed by atoms with van der Waals surface area (Å²) in [6, 6.07) is 9.64. The molecule has 0 radical (unpaired) electrons. The van der Waals surface area contributed by atoms with E-state index in [0.717, 1.165) is 25.1 Å². The van der Waals surface area contributed by atoms with Gasteiger partial charge in [0.15, 0.2) is 0 Å². The van der Waals surface area contributed by atoms with Crippen LogP contribution in [0.3, 0.4) is 0 Å². The second-order valence-electron chi connectivity index (χ2n) is 6.33. The molecule has 0 saturated carbocycles. The third-order valence-corrected chi connectivity index (χ3v) is 4.13. The molecule has 2 atom stereocenters. The van der Waals surface area contributed by atoms with Crippen molar-refractivity contribution >= 4 is 12.1 Å². The van der Waals surface area contributed by atoms with Crippen molar-refractivity contribution in [2.75, 3.05) is 26.7 Å². The molecular formula is C18H26N2O4. The van der Waals surface area contributed by atoms with Crippen LogP contribution in [0.25, 0.3) is 0 Å². The minimum Gasteiger partial charge on any atom is -0.469 e. The number of likely N-dealkylation sites (tertiary alicyclic amines) is 1. The number of piperidine rings is 1. The molecule has 1 heterocycles. The maximum atomic E-state index is 12.0. The van der Waals surface area contributed by atoms with Gasteiger partial charge in [-0.3, -0.25) is 4.79 Å². The number of esters is 1. The van der Waals surface area contributed by atoms with Gasteiger partial charge in [0, 0.05) is 25.7 Å². The summed E-state index contributed by atoms with van der Waals surface area (Å²) in [5, 5.41) is 2.93. The molecule has 1 amide bonds. The molecule has 6 nitrogen and oxygen atoms in total. The van der Waals surface area contributed by atoms with Gasteiger partial charge in [0.1, 0.15) is 6.61 Å². The molecule has 1 aliphatic rings. The number of benzene rings is 1. The fourth-order valence-electron chi connectivity index (χ4n) is 3.03. The van der Waals surface area contributed by atoms with Gasteiger partial charge in [0.05, 0.1) is 13.5 Å². The maximum Gasteiger partial charge on any atom is 0.407 e. The quantitative estimate of drug-likeness (QED) is 0.808. The summed E-state index contributed by atoms with van der Waals surface area (Å²) in [6.07, 6.45) is 0.884. The second-order valence-corrected chi connectivity index (χ2v) is 6.33. The number of rotatable bonds is 6. The van der Waals surface area contributed by atoms with Crippen molar-refractivity contribution in [2.45, 2.75) is 32.4 Å². The molecular weight excluding hydrogens is 308 g/mol. The first-order valence-electron chi connectivity index (χ1n) is 8.33. The summed E-state index contributed by atoms with van der Waals surface area (Å²) in [4.78, 5) is 25.4. The Balaban J connectivity index is 1.75. The number of alkyl carbamates (subject to hydrolysis) is 1. The Morgan fingerprint density at radius 3 is 2.71 bits per heavy atom. The minimum atomic E-state index is -0.397. The van der Waals surface area contributed by atoms with Crippen LogP contribution in [0.2, 0.25) is 0 Å². The van der Waals surface area contributed by atoms with Gasteiger partial charge >= 0.3 is 12.1 Å². The van der Waals surface area contributed by atoms with E-state index in [9.17, 15) is 9.59 Å². The van der Waals surface area contributed by atoms with Crippen molar-refractivity contribution in [1.82, 2.24) is 10.2 Å². The van der Waals surface area contributed by atoms with Gasteiger partial charge in [-0.05, 0) is 17.9 Å². The van der Waals surface area contributed by atoms with E-state index in [1.807, 2.05) is 30.3 Å². The Hall–Kier alpha value is -2.08. The highest BCUT2D eigenvalue weighted by atomic mass is 16.5. The van der Waals surface area contributed by atoms with E-state index >= 15 is 0 Å². The van der Waals surface area contributed by atoms with Crippen molar-refractivity contribution < 1.29 is 19.1 Å². The smallest absolute Gasteiger partial charge is 0.407 e. The molecule has 0 aromatic heterocycles. The van der Waals surface area contributed by atoms with Gasteiger partial charge < -0.3 is 19.7 Å². The normalized spacial score (nSPS) is 21.1. The van der Waals surface area contributed by atoms with Gasteiger partial charge in [0.2, 0.25) is 0 Å². The number of methoxy groups -OCH3 is 1. The number of ether oxygens (including phenoxy) is 2. The molecule has 132 valence electrons. The molecule has 1 aliphatic heterocycles. The van der Waals surface area contributed by atoms with E-state index < -0.39 is 6.09 Å². The largest absolute Gasteiger partial charge is 0.469 e. The number of hydrogen-bond acceptors (Lipinski definition) is 5. The number of carbonyl (C=O) groups excluding carboxylic acids is 2. The predicted octanol–water partition coefficient (Wildman–Crippen LogP) is 2.19. The first-order valence-corrected chi connectivity index (χ1v) is 8.33. The average molecular weight is 334 g/mol. The van der Waals surface area contributed by atoms with Crippen molar-refractivity contribution in [3.05, 3.63) is 35.9 Å². The Kier molecular flexibility index (Phi) is 7.06. The Morgan fingerprint density at radius 2 is 2.00 bits per heavy atom. The second kappa shape index (κ2) is 9.27. The highest BCUT2D eigenvalue weighted by Gasteiger charge is 2.26. The van der Waals surface area contributed by atoms with Gasteiger partial charge in [-0.2, -0.15) is 0 Å². The first kappa shape index (κ1) is 18.3. The number of amides is 1. The molecule has 6 heteroatoms. The fourth-order valence-corrected chi connectivity index (χ4v) is 3.03. The predicted molar refractivity (Wildman–Crippen MR) is 90.4 cm³/mol. The van der Waals surface area contributed by atoms with Crippen molar-refractivity contribution in [3.63, 3.8) is 0 Å². The lowest BCUT2D eigenvalue weighted by Gasteiger charge is -2.36. The summed E-state index contributed by atoms with van der Waals surface area (Å²) >= 11 is 0. The molecule has 0 bridgehead atoms. The lowest BCUT2D eigenvalue weighted by molar-refractivity contribution is -0.141. The van der Waals surface area contributed by atoms with Crippen LogP contribution < -0.4 is 5.32 Å². The fraction of sp³-hybridized carbons (Fsp3) is 0.556. The van der Waals surface area contributed by atoms with Crippen LogP contribution in [-0.2, 0) is 20.9 Å². The van der Waals surface area contributed by atoms with Crippen LogP contribution in [0.5, 0.6) is 0 Å². The van der Waals surface area contributed by atoms with Crippen LogP contribution in [0, 0.1) is 5.92 Å². The summed E-state index contributed by atoms with van der Waals surface area (Å²) in [7, 11) is 1.40. The molecule has 1 N–H and O–H groups in total. The number of hydrogen-bond donors (Lipinski definition) is 1. The topological polar surface area (TPSA) is 67.9 Å². The summed E-state index contributed by atoms with van der Waals surface area (Å²) in [5.41, 5.74) is 0.962. The van der Waals surface area contributed by atoms with E-state index in [1.165, 1.54) is 7.11 Å². The molecule has 0 aliphatic carbocycles. The van der Waals surface area contributed by atoms with Crippen LogP contribution in [0.15, 0.2) is 30.3 Å². The number of nitrogens with one attached hydrogen (secondary N) is 1. The number of nitrogens with zero attached hydrogens (tertiary/aromatic N) is 1. The van der Waals surface area contributed by atoms with Gasteiger partial charge in [-0.25, -0.2) is 4.79 Å². The Bertz CT molecular complexity index is 535. The van der Waals surface area contributed by atoms with Gasteiger partial charge in [-0.15, -0.1) is 0 Å². The van der Waals surface area contributed by atoms with E-state index in [1.54, 1.807) is 0 Å². The van der Waals surface area contributed by atoms with Crippen LogP contribution in [-0.4, -0.2) is 49.7 Å². The molecule has 2 rings (SSSR count). The summed E-state index contributed by atoms with van der Waals surface area (Å²) in [5.74, 6) is 0.246. The lowest BCUT2D eigenvalue weighted by atomic mass is 9.96. The molecule has 0 spiro atoms. The van der Waals surface area contributed by atoms with E-state index in [2.05, 4.69) is 21.9 Å². The van der Waals surface area contributed by atoms with Gasteiger partial charge in [-0.1, -0.05) is 37.3 Å². The molecule has 1 fully saturated rings. The molecule has 2 unspecified atom stereocenters. The molecule has 1 aromatic carbocycles. The maximum absolute atomic E-state index is 12.0. The SMILES string of the molecule is COC(=O)CCN1CC(C)CC(NC(=O)OCc2ccccc2)C1. The lowest BCUT2D eigenvalue weighted by Crippen LogP contribution is -2.50. The van der Waals surface area contributed by atoms with Crippen molar-refractivity contribution in [1.29, 1.82) is 0 Å². The van der Waals surface area contributed by atoms with E-state index in [0.29, 0.717) is 18.9 Å². The zero-order chi connectivity index (χ0) is 17.4. The van der Waals surface area contributed by atoms with Crippen molar-refractivity contribution in [2.24, 2.45) is 5.92 Å². The van der Waals surface area contributed by atoms with Crippen LogP contribution >= 0.6 is 0 Å². The monoisotopic (exact) mass is 334 g/mol. The Morgan fingerprint density at radius 1 is 1.25 bits per heavy atom. The van der Waals surface area contributed by atoms with E-state index in [4.69, 9.17) is 4.74 Å². The molecule has 1 aromatic rings. The summed E-state index contributed by atoms with van der Waals surface area (Å²) in [6.45, 7) is 4.71. The zero-order valence-corrected chi connectivity index (χ0v) is 14.4. The Labute approximate surface area is 143 Å². The third-order valence-electron chi connectivity index (χ3n) is 4.13. The zero-order valence-electron chi connectivity index (χ0n) is 14.4.